The van der Waals surface area contributed by atoms with Crippen LogP contribution >= 0.6 is 11.8 Å². The lowest BCUT2D eigenvalue weighted by Gasteiger charge is -2.27. The van der Waals surface area contributed by atoms with Crippen molar-refractivity contribution in [1.29, 1.82) is 0 Å². The molecule has 0 bridgehead atoms. The minimum absolute atomic E-state index is 0.101. The number of hydrogen-bond donors (Lipinski definition) is 1. The van der Waals surface area contributed by atoms with Gasteiger partial charge in [0.15, 0.2) is 5.16 Å². The predicted octanol–water partition coefficient (Wildman–Crippen LogP) is 1.58. The van der Waals surface area contributed by atoms with E-state index >= 15 is 0 Å². The first kappa shape index (κ1) is 14.2. The summed E-state index contributed by atoms with van der Waals surface area (Å²) in [6.07, 6.45) is 4.15. The van der Waals surface area contributed by atoms with Gasteiger partial charge >= 0.3 is 0 Å². The maximum atomic E-state index is 13.6. The van der Waals surface area contributed by atoms with Crippen LogP contribution in [0.1, 0.15) is 17.0 Å². The second-order valence-corrected chi connectivity index (χ2v) is 5.69. The van der Waals surface area contributed by atoms with Crippen molar-refractivity contribution in [2.24, 2.45) is 0 Å². The first-order valence-electron chi connectivity index (χ1n) is 6.65. The molecule has 0 unspecified atom stereocenters. The Bertz CT molecular complexity index is 718. The maximum absolute atomic E-state index is 13.6. The van der Waals surface area contributed by atoms with Gasteiger partial charge in [-0.1, -0.05) is 11.8 Å². The number of aromatic nitrogens is 3. The summed E-state index contributed by atoms with van der Waals surface area (Å²) < 4.78 is 13.6. The van der Waals surface area contributed by atoms with E-state index in [1.807, 2.05) is 11.2 Å². The van der Waals surface area contributed by atoms with Gasteiger partial charge < -0.3 is 4.98 Å². The second-order valence-electron chi connectivity index (χ2n) is 4.89. The fourth-order valence-corrected chi connectivity index (χ4v) is 2.83. The van der Waals surface area contributed by atoms with Crippen LogP contribution in [0.4, 0.5) is 4.39 Å². The molecule has 3 rings (SSSR count). The van der Waals surface area contributed by atoms with Gasteiger partial charge in [-0.05, 0) is 18.4 Å². The van der Waals surface area contributed by atoms with E-state index in [1.54, 1.807) is 12.3 Å². The molecule has 1 aliphatic rings. The number of aromatic amines is 1. The van der Waals surface area contributed by atoms with E-state index in [9.17, 15) is 9.18 Å². The van der Waals surface area contributed by atoms with Crippen LogP contribution in [0.15, 0.2) is 28.3 Å². The van der Waals surface area contributed by atoms with E-state index in [2.05, 4.69) is 15.0 Å². The molecule has 7 heteroatoms. The summed E-state index contributed by atoms with van der Waals surface area (Å²) in [6.45, 7) is 1.62. The van der Waals surface area contributed by atoms with E-state index in [1.165, 1.54) is 17.8 Å². The topological polar surface area (TPSA) is 61.9 Å². The molecule has 0 saturated carbocycles. The normalized spacial score (nSPS) is 15.0. The van der Waals surface area contributed by atoms with Gasteiger partial charge in [0.1, 0.15) is 5.82 Å². The zero-order valence-electron chi connectivity index (χ0n) is 11.6. The fourth-order valence-electron chi connectivity index (χ4n) is 2.44. The minimum atomic E-state index is -0.312. The standard InChI is InChI=1S/C14H15FN4OS/c1-21-14-17-11-4-6-19(7-9(11)13(20)18-14)8-12-10(15)3-2-5-16-12/h2-3,5H,4,6-8H2,1H3,(H,17,18,20). The molecule has 0 spiro atoms. The molecule has 0 radical (unpaired) electrons. The van der Waals surface area contributed by atoms with Gasteiger partial charge in [-0.2, -0.15) is 0 Å². The summed E-state index contributed by atoms with van der Waals surface area (Å²) >= 11 is 1.42. The number of thioether (sulfide) groups is 1. The monoisotopic (exact) mass is 306 g/mol. The van der Waals surface area contributed by atoms with Crippen molar-refractivity contribution < 1.29 is 4.39 Å². The molecule has 2 aromatic rings. The van der Waals surface area contributed by atoms with Gasteiger partial charge in [-0.3, -0.25) is 14.7 Å². The number of pyridine rings is 1. The molecule has 0 fully saturated rings. The van der Waals surface area contributed by atoms with Crippen molar-refractivity contribution >= 4 is 11.8 Å². The van der Waals surface area contributed by atoms with Crippen LogP contribution in [-0.2, 0) is 19.5 Å². The number of nitrogens with one attached hydrogen (secondary N) is 1. The highest BCUT2D eigenvalue weighted by Crippen LogP contribution is 2.18. The fraction of sp³-hybridized carbons (Fsp3) is 0.357. The number of halogens is 1. The molecule has 2 aromatic heterocycles. The molecule has 0 saturated heterocycles. The maximum Gasteiger partial charge on any atom is 0.256 e. The molecule has 3 heterocycles. The van der Waals surface area contributed by atoms with Crippen LogP contribution in [0.25, 0.3) is 0 Å². The van der Waals surface area contributed by atoms with Crippen molar-refractivity contribution in [1.82, 2.24) is 19.9 Å². The third-order valence-electron chi connectivity index (χ3n) is 3.53. The SMILES string of the molecule is CSc1nc2c(c(=O)[nH]1)CN(Cc1ncccc1F)CC2. The number of fused-ring (bicyclic) bond motifs is 1. The third kappa shape index (κ3) is 2.98. The van der Waals surface area contributed by atoms with Gasteiger partial charge in [-0.25, -0.2) is 9.37 Å². The van der Waals surface area contributed by atoms with E-state index in [0.29, 0.717) is 35.9 Å². The molecular weight excluding hydrogens is 291 g/mol. The molecule has 1 N–H and O–H groups in total. The van der Waals surface area contributed by atoms with Crippen molar-refractivity contribution in [3.05, 3.63) is 51.5 Å². The van der Waals surface area contributed by atoms with Crippen LogP contribution in [0, 0.1) is 5.82 Å². The van der Waals surface area contributed by atoms with Gasteiger partial charge in [0, 0.05) is 32.3 Å². The Balaban J connectivity index is 1.82. The van der Waals surface area contributed by atoms with Crippen molar-refractivity contribution in [3.63, 3.8) is 0 Å². The summed E-state index contributed by atoms with van der Waals surface area (Å²) in [5.74, 6) is -0.312. The first-order chi connectivity index (χ1) is 10.2. The van der Waals surface area contributed by atoms with E-state index in [0.717, 1.165) is 12.2 Å². The smallest absolute Gasteiger partial charge is 0.256 e. The largest absolute Gasteiger partial charge is 0.301 e. The number of H-pyrrole nitrogens is 1. The average Bonchev–Trinajstić information content (AvgIpc) is 2.50. The van der Waals surface area contributed by atoms with Crippen LogP contribution in [0.2, 0.25) is 0 Å². The van der Waals surface area contributed by atoms with Crippen LogP contribution in [-0.4, -0.2) is 32.7 Å². The van der Waals surface area contributed by atoms with Crippen LogP contribution in [0.3, 0.4) is 0 Å². The van der Waals surface area contributed by atoms with E-state index in [4.69, 9.17) is 0 Å². The molecule has 110 valence electrons. The lowest BCUT2D eigenvalue weighted by molar-refractivity contribution is 0.234. The Kier molecular flexibility index (Phi) is 4.03. The Hall–Kier alpha value is -1.73. The molecule has 5 nitrogen and oxygen atoms in total. The van der Waals surface area contributed by atoms with Gasteiger partial charge in [0.25, 0.3) is 5.56 Å². The minimum Gasteiger partial charge on any atom is -0.301 e. The highest BCUT2D eigenvalue weighted by Gasteiger charge is 2.22. The number of nitrogens with zero attached hydrogens (tertiary/aromatic N) is 3. The van der Waals surface area contributed by atoms with Gasteiger partial charge in [-0.15, -0.1) is 0 Å². The van der Waals surface area contributed by atoms with Crippen LogP contribution < -0.4 is 5.56 Å². The Morgan fingerprint density at radius 2 is 2.38 bits per heavy atom. The zero-order valence-corrected chi connectivity index (χ0v) is 12.4. The quantitative estimate of drug-likeness (QED) is 0.689. The Morgan fingerprint density at radius 3 is 3.14 bits per heavy atom. The summed E-state index contributed by atoms with van der Waals surface area (Å²) in [6, 6.07) is 2.97. The predicted molar refractivity (Wildman–Crippen MR) is 78.7 cm³/mol. The molecular formula is C14H15FN4OS. The van der Waals surface area contributed by atoms with Crippen molar-refractivity contribution in [2.75, 3.05) is 12.8 Å². The highest BCUT2D eigenvalue weighted by molar-refractivity contribution is 7.98. The zero-order chi connectivity index (χ0) is 14.8. The molecule has 0 aliphatic carbocycles. The molecule has 0 amide bonds. The lowest BCUT2D eigenvalue weighted by Crippen LogP contribution is -2.35. The summed E-state index contributed by atoms with van der Waals surface area (Å²) in [7, 11) is 0. The highest BCUT2D eigenvalue weighted by atomic mass is 32.2. The Labute approximate surface area is 125 Å². The Morgan fingerprint density at radius 1 is 1.52 bits per heavy atom. The summed E-state index contributed by atoms with van der Waals surface area (Å²) in [5, 5.41) is 0.642. The molecule has 21 heavy (non-hydrogen) atoms. The van der Waals surface area contributed by atoms with Crippen molar-refractivity contribution in [3.8, 4) is 0 Å². The lowest BCUT2D eigenvalue weighted by atomic mass is 10.1. The van der Waals surface area contributed by atoms with Gasteiger partial charge in [0.05, 0.1) is 17.0 Å². The second kappa shape index (κ2) is 5.95. The summed E-state index contributed by atoms with van der Waals surface area (Å²) in [5.41, 5.74) is 1.83. The van der Waals surface area contributed by atoms with Gasteiger partial charge in [0.2, 0.25) is 0 Å². The van der Waals surface area contributed by atoms with Crippen LogP contribution in [0.5, 0.6) is 0 Å². The van der Waals surface area contributed by atoms with E-state index in [-0.39, 0.29) is 11.4 Å². The molecule has 1 aliphatic heterocycles. The number of hydrogen-bond acceptors (Lipinski definition) is 5. The number of rotatable bonds is 3. The average molecular weight is 306 g/mol. The first-order valence-corrected chi connectivity index (χ1v) is 7.87. The van der Waals surface area contributed by atoms with E-state index < -0.39 is 0 Å². The summed E-state index contributed by atoms with van der Waals surface area (Å²) in [4.78, 5) is 25.4. The molecule has 0 aromatic carbocycles. The molecule has 0 atom stereocenters. The third-order valence-corrected chi connectivity index (χ3v) is 4.11. The van der Waals surface area contributed by atoms with Crippen molar-refractivity contribution in [2.45, 2.75) is 24.7 Å².